The van der Waals surface area contributed by atoms with Gasteiger partial charge in [0.2, 0.25) is 0 Å². The van der Waals surface area contributed by atoms with Crippen LogP contribution in [0.2, 0.25) is 0 Å². The van der Waals surface area contributed by atoms with E-state index in [1.165, 1.54) is 71.1 Å². The number of rotatable bonds is 1. The zero-order valence-electron chi connectivity index (χ0n) is 31.1. The zero-order valence-corrected chi connectivity index (χ0v) is 31.1. The number of hydrogen-bond donors (Lipinski definition) is 0. The Bertz CT molecular complexity index is 616. The molecule has 0 radical (unpaired) electrons. The van der Waals surface area contributed by atoms with Crippen LogP contribution in [0.3, 0.4) is 0 Å². The van der Waals surface area contributed by atoms with Gasteiger partial charge in [-0.3, -0.25) is 4.90 Å². The highest BCUT2D eigenvalue weighted by Crippen LogP contribution is 2.46. The fraction of sp³-hybridized carbons (Fsp3) is 1.00. The van der Waals surface area contributed by atoms with Crippen molar-refractivity contribution in [3.05, 3.63) is 0 Å². The smallest absolute Gasteiger partial charge is 0.0125 e. The summed E-state index contributed by atoms with van der Waals surface area (Å²) in [5, 5.41) is 0. The minimum Gasteiger partial charge on any atom is -0.301 e. The highest BCUT2D eigenvalue weighted by Gasteiger charge is 2.36. The van der Waals surface area contributed by atoms with Crippen molar-refractivity contribution >= 4 is 0 Å². The minimum absolute atomic E-state index is 0.351. The van der Waals surface area contributed by atoms with Gasteiger partial charge in [-0.15, -0.1) is 0 Å². The van der Waals surface area contributed by atoms with Crippen LogP contribution < -0.4 is 0 Å². The molecule has 1 saturated carbocycles. The lowest BCUT2D eigenvalue weighted by molar-refractivity contribution is 0.0388. The van der Waals surface area contributed by atoms with Crippen LogP contribution >= 0.6 is 0 Å². The van der Waals surface area contributed by atoms with Crippen LogP contribution in [0.25, 0.3) is 0 Å². The maximum Gasteiger partial charge on any atom is 0.0125 e. The van der Waals surface area contributed by atoms with Gasteiger partial charge in [0, 0.05) is 24.7 Å². The van der Waals surface area contributed by atoms with Gasteiger partial charge in [0.1, 0.15) is 0 Å². The van der Waals surface area contributed by atoms with Crippen molar-refractivity contribution in [3.63, 3.8) is 0 Å². The Morgan fingerprint density at radius 3 is 1.20 bits per heavy atom. The second-order valence-corrected chi connectivity index (χ2v) is 19.6. The first-order chi connectivity index (χ1) is 17.8. The first-order valence-electron chi connectivity index (χ1n) is 17.3. The lowest BCUT2D eigenvalue weighted by Gasteiger charge is -2.45. The first kappa shape index (κ1) is 37.9. The third-order valence-corrected chi connectivity index (χ3v) is 10.9. The summed E-state index contributed by atoms with van der Waals surface area (Å²) in [6.45, 7) is 45.4. The number of piperidine rings is 1. The van der Waals surface area contributed by atoms with E-state index in [1.807, 2.05) is 0 Å². The molecule has 2 heteroatoms. The number of hydrogen-bond acceptors (Lipinski definition) is 2. The summed E-state index contributed by atoms with van der Waals surface area (Å²) in [7, 11) is 0. The van der Waals surface area contributed by atoms with Crippen molar-refractivity contribution in [1.29, 1.82) is 0 Å². The monoisotopic (exact) mass is 563 g/mol. The quantitative estimate of drug-likeness (QED) is 0.313. The van der Waals surface area contributed by atoms with Crippen molar-refractivity contribution in [2.75, 3.05) is 26.2 Å². The molecule has 2 nitrogen and oxygen atoms in total. The fourth-order valence-electron chi connectivity index (χ4n) is 7.02. The molecule has 240 valence electrons. The van der Waals surface area contributed by atoms with E-state index in [0.29, 0.717) is 27.2 Å². The zero-order chi connectivity index (χ0) is 31.3. The SMILES string of the molecule is CC(C)(C)C1CCCC(C(C)(C)C)C1.CC(C)(C)C1CCCN(C(C)(C)C)C1.CC(C)N1CCC(C(C)(C)C)C1. The molecule has 2 saturated heterocycles. The van der Waals surface area contributed by atoms with Crippen LogP contribution in [-0.2, 0) is 0 Å². The summed E-state index contributed by atoms with van der Waals surface area (Å²) in [4.78, 5) is 5.24. The van der Waals surface area contributed by atoms with Crippen LogP contribution in [0.15, 0.2) is 0 Å². The molecular formula is C38H78N2. The van der Waals surface area contributed by atoms with Crippen molar-refractivity contribution in [3.8, 4) is 0 Å². The molecule has 0 aromatic carbocycles. The van der Waals surface area contributed by atoms with Gasteiger partial charge < -0.3 is 4.90 Å². The average Bonchev–Trinajstić information content (AvgIpc) is 3.30. The Morgan fingerprint density at radius 2 is 0.875 bits per heavy atom. The standard InChI is InChI=1S/C14H28.C13H27N.C11H23N/c1-13(2,3)11-8-7-9-12(10-11)14(4,5)6;1-12(2,3)11-8-7-9-14(10-11)13(4,5)6;1-9(2)12-7-6-10(8-12)11(3,4)5/h11-12H,7-10H2,1-6H3;11H,7-10H2,1-6H3;9-10H,6-8H2,1-5H3. The predicted molar refractivity (Wildman–Crippen MR) is 182 cm³/mol. The summed E-state index contributed by atoms with van der Waals surface area (Å²) in [6.07, 6.45) is 9.99. The van der Waals surface area contributed by atoms with E-state index in [9.17, 15) is 0 Å². The summed E-state index contributed by atoms with van der Waals surface area (Å²) < 4.78 is 0. The predicted octanol–water partition coefficient (Wildman–Crippen LogP) is 11.2. The van der Waals surface area contributed by atoms with Crippen molar-refractivity contribution < 1.29 is 0 Å². The van der Waals surface area contributed by atoms with Crippen molar-refractivity contribution in [1.82, 2.24) is 9.80 Å². The second-order valence-electron chi connectivity index (χ2n) is 19.6. The highest BCUT2D eigenvalue weighted by atomic mass is 15.2. The van der Waals surface area contributed by atoms with Gasteiger partial charge in [-0.05, 0) is 132 Å². The fourth-order valence-corrected chi connectivity index (χ4v) is 7.02. The molecule has 4 atom stereocenters. The summed E-state index contributed by atoms with van der Waals surface area (Å²) in [5.41, 5.74) is 2.37. The number of likely N-dealkylation sites (tertiary alicyclic amines) is 2. The third kappa shape index (κ3) is 13.1. The Hall–Kier alpha value is -0.0800. The largest absolute Gasteiger partial charge is 0.301 e. The van der Waals surface area contributed by atoms with E-state index in [-0.39, 0.29) is 0 Å². The lowest BCUT2D eigenvalue weighted by atomic mass is 9.63. The van der Waals surface area contributed by atoms with Gasteiger partial charge in [0.25, 0.3) is 0 Å². The molecule has 2 heterocycles. The summed E-state index contributed by atoms with van der Waals surface area (Å²) >= 11 is 0. The molecule has 0 aromatic rings. The molecule has 0 aromatic heterocycles. The van der Waals surface area contributed by atoms with Crippen molar-refractivity contribution in [2.24, 2.45) is 45.3 Å². The van der Waals surface area contributed by atoms with Gasteiger partial charge >= 0.3 is 0 Å². The Balaban J connectivity index is 0.000000301. The first-order valence-corrected chi connectivity index (χ1v) is 17.3. The normalized spacial score (nSPS) is 28.1. The number of nitrogens with zero attached hydrogens (tertiary/aromatic N) is 2. The van der Waals surface area contributed by atoms with Gasteiger partial charge in [-0.25, -0.2) is 0 Å². The summed E-state index contributed by atoms with van der Waals surface area (Å²) in [5.74, 6) is 3.66. The van der Waals surface area contributed by atoms with E-state index < -0.39 is 0 Å². The molecule has 4 unspecified atom stereocenters. The van der Waals surface area contributed by atoms with E-state index in [2.05, 4.69) is 128 Å². The van der Waals surface area contributed by atoms with Crippen LogP contribution in [-0.4, -0.2) is 47.6 Å². The second kappa shape index (κ2) is 14.6. The maximum atomic E-state index is 2.65. The van der Waals surface area contributed by atoms with Gasteiger partial charge in [0.05, 0.1) is 0 Å². The minimum atomic E-state index is 0.351. The molecule has 0 N–H and O–H groups in total. The van der Waals surface area contributed by atoms with Crippen LogP contribution in [0.5, 0.6) is 0 Å². The summed E-state index contributed by atoms with van der Waals surface area (Å²) in [6, 6.07) is 0.734. The Morgan fingerprint density at radius 1 is 0.475 bits per heavy atom. The lowest BCUT2D eigenvalue weighted by Crippen LogP contribution is -2.49. The highest BCUT2D eigenvalue weighted by molar-refractivity contribution is 4.88. The van der Waals surface area contributed by atoms with E-state index in [4.69, 9.17) is 0 Å². The van der Waals surface area contributed by atoms with Crippen LogP contribution in [0.4, 0.5) is 0 Å². The van der Waals surface area contributed by atoms with Crippen LogP contribution in [0.1, 0.15) is 163 Å². The van der Waals surface area contributed by atoms with E-state index >= 15 is 0 Å². The van der Waals surface area contributed by atoms with Crippen molar-refractivity contribution in [2.45, 2.75) is 174 Å². The molecule has 0 spiro atoms. The molecule has 1 aliphatic carbocycles. The van der Waals surface area contributed by atoms with Gasteiger partial charge in [-0.1, -0.05) is 89.5 Å². The Kier molecular flexibility index (Phi) is 13.8. The van der Waals surface area contributed by atoms with Crippen LogP contribution in [0, 0.1) is 45.3 Å². The molecule has 0 amide bonds. The molecule has 2 aliphatic heterocycles. The maximum absolute atomic E-state index is 2.65. The molecule has 3 rings (SSSR count). The molecular weight excluding hydrogens is 484 g/mol. The van der Waals surface area contributed by atoms with E-state index in [1.54, 1.807) is 0 Å². The third-order valence-electron chi connectivity index (χ3n) is 10.9. The molecule has 40 heavy (non-hydrogen) atoms. The average molecular weight is 563 g/mol. The molecule has 0 bridgehead atoms. The van der Waals surface area contributed by atoms with E-state index in [0.717, 1.165) is 29.7 Å². The van der Waals surface area contributed by atoms with Gasteiger partial charge in [0.15, 0.2) is 0 Å². The molecule has 3 aliphatic rings. The topological polar surface area (TPSA) is 6.48 Å². The Labute approximate surface area is 255 Å². The molecule has 3 fully saturated rings. The van der Waals surface area contributed by atoms with Gasteiger partial charge in [-0.2, -0.15) is 0 Å².